The van der Waals surface area contributed by atoms with Crippen LogP contribution in [0.3, 0.4) is 0 Å². The average molecular weight is 561 g/mol. The van der Waals surface area contributed by atoms with Crippen LogP contribution in [-0.4, -0.2) is 51.3 Å². The van der Waals surface area contributed by atoms with E-state index in [2.05, 4.69) is 24.9 Å². The number of sulfone groups is 1. The minimum Gasteiger partial charge on any atom is -0.480 e. The normalized spacial score (nSPS) is 13.9. The molecule has 1 aromatic carbocycles. The van der Waals surface area contributed by atoms with Gasteiger partial charge in [0.1, 0.15) is 24.3 Å². The summed E-state index contributed by atoms with van der Waals surface area (Å²) in [7, 11) is -0.795. The summed E-state index contributed by atoms with van der Waals surface area (Å²) in [5.74, 6) is 0.644. The molecular weight excluding hydrogens is 537 g/mol. The Morgan fingerprint density at radius 2 is 1.79 bits per heavy atom. The number of hydrogen-bond acceptors (Lipinski definition) is 9. The maximum atomic E-state index is 13.0. The fourth-order valence-corrected chi connectivity index (χ4v) is 4.54. The van der Waals surface area contributed by atoms with Crippen LogP contribution < -0.4 is 9.47 Å². The molecule has 0 spiro atoms. The number of methoxy groups -OCH3 is 1. The molecule has 1 aliphatic carbocycles. The van der Waals surface area contributed by atoms with Crippen LogP contribution in [0.15, 0.2) is 47.9 Å². The predicted molar refractivity (Wildman–Crippen MR) is 133 cm³/mol. The van der Waals surface area contributed by atoms with Crippen LogP contribution in [-0.2, 0) is 29.7 Å². The number of nitrogens with zero attached hydrogens (tertiary/aromatic N) is 6. The number of aryl methyl sites for hydroxylation is 1. The van der Waals surface area contributed by atoms with E-state index >= 15 is 0 Å². The highest BCUT2D eigenvalue weighted by Gasteiger charge is 2.35. The lowest BCUT2D eigenvalue weighted by Crippen LogP contribution is -2.08. The van der Waals surface area contributed by atoms with Gasteiger partial charge in [-0.25, -0.2) is 28.4 Å². The highest BCUT2D eigenvalue weighted by molar-refractivity contribution is 7.90. The molecule has 14 heteroatoms. The summed E-state index contributed by atoms with van der Waals surface area (Å²) in [6.45, 7) is 0.00616. The monoisotopic (exact) mass is 560 g/mol. The maximum Gasteiger partial charge on any atom is 0.434 e. The number of rotatable bonds is 8. The Morgan fingerprint density at radius 3 is 2.38 bits per heavy atom. The fourth-order valence-electron chi connectivity index (χ4n) is 3.97. The fraction of sp³-hybridized carbons (Fsp3) is 0.320. The summed E-state index contributed by atoms with van der Waals surface area (Å²) < 4.78 is 76.4. The summed E-state index contributed by atoms with van der Waals surface area (Å²) >= 11 is 0. The van der Waals surface area contributed by atoms with Crippen molar-refractivity contribution in [1.82, 2.24) is 29.5 Å². The second-order valence-electron chi connectivity index (χ2n) is 9.10. The van der Waals surface area contributed by atoms with E-state index in [1.54, 1.807) is 24.3 Å². The molecule has 1 saturated carbocycles. The van der Waals surface area contributed by atoms with Crippen molar-refractivity contribution in [3.05, 3.63) is 59.8 Å². The van der Waals surface area contributed by atoms with Gasteiger partial charge in [0.25, 0.3) is 0 Å². The van der Waals surface area contributed by atoms with E-state index in [0.29, 0.717) is 22.4 Å². The minimum absolute atomic E-state index is 0.00616. The molecule has 0 unspecified atom stereocenters. The lowest BCUT2D eigenvalue weighted by Gasteiger charge is -2.13. The second kappa shape index (κ2) is 9.91. The molecular formula is C25H23F3N6O4S. The van der Waals surface area contributed by atoms with Crippen molar-refractivity contribution < 1.29 is 31.1 Å². The van der Waals surface area contributed by atoms with Crippen molar-refractivity contribution in [3.8, 4) is 34.5 Å². The Hall–Kier alpha value is -4.07. The first-order valence-electron chi connectivity index (χ1n) is 11.7. The van der Waals surface area contributed by atoms with Gasteiger partial charge in [-0.3, -0.25) is 0 Å². The van der Waals surface area contributed by atoms with Crippen LogP contribution in [0.4, 0.5) is 13.2 Å². The molecule has 39 heavy (non-hydrogen) atoms. The molecule has 204 valence electrons. The van der Waals surface area contributed by atoms with Gasteiger partial charge in [-0.05, 0) is 18.4 Å². The molecule has 3 aromatic heterocycles. The molecule has 0 atom stereocenters. The Morgan fingerprint density at radius 1 is 1.08 bits per heavy atom. The summed E-state index contributed by atoms with van der Waals surface area (Å²) in [4.78, 5) is 20.9. The Bertz CT molecular complexity index is 1630. The van der Waals surface area contributed by atoms with E-state index in [4.69, 9.17) is 9.47 Å². The lowest BCUT2D eigenvalue weighted by molar-refractivity contribution is -0.140. The Balaban J connectivity index is 1.43. The van der Waals surface area contributed by atoms with Gasteiger partial charge in [0.15, 0.2) is 26.4 Å². The van der Waals surface area contributed by atoms with Gasteiger partial charge in [0, 0.05) is 37.0 Å². The third-order valence-corrected chi connectivity index (χ3v) is 7.02. The molecule has 1 aliphatic rings. The molecule has 4 aromatic rings. The molecule has 0 aliphatic heterocycles. The van der Waals surface area contributed by atoms with Crippen LogP contribution in [0.25, 0.3) is 22.8 Å². The quantitative estimate of drug-likeness (QED) is 0.292. The largest absolute Gasteiger partial charge is 0.480 e. The van der Waals surface area contributed by atoms with Crippen LogP contribution in [0.2, 0.25) is 0 Å². The van der Waals surface area contributed by atoms with Gasteiger partial charge in [-0.15, -0.1) is 0 Å². The van der Waals surface area contributed by atoms with E-state index in [1.807, 2.05) is 0 Å². The smallest absolute Gasteiger partial charge is 0.434 e. The van der Waals surface area contributed by atoms with Crippen molar-refractivity contribution in [2.45, 2.75) is 36.6 Å². The van der Waals surface area contributed by atoms with Gasteiger partial charge >= 0.3 is 6.18 Å². The zero-order valence-electron chi connectivity index (χ0n) is 21.1. The topological polar surface area (TPSA) is 122 Å². The second-order valence-corrected chi connectivity index (χ2v) is 11.1. The van der Waals surface area contributed by atoms with E-state index in [9.17, 15) is 21.6 Å². The van der Waals surface area contributed by atoms with Gasteiger partial charge in [-0.1, -0.05) is 24.3 Å². The van der Waals surface area contributed by atoms with E-state index in [0.717, 1.165) is 25.3 Å². The third kappa shape index (κ3) is 5.70. The molecule has 0 N–H and O–H groups in total. The Kier molecular flexibility index (Phi) is 6.74. The number of aromatic nitrogens is 6. The van der Waals surface area contributed by atoms with Gasteiger partial charge < -0.3 is 14.0 Å². The molecule has 0 bridgehead atoms. The summed E-state index contributed by atoms with van der Waals surface area (Å²) in [5, 5.41) is -0.235. The first kappa shape index (κ1) is 26.5. The van der Waals surface area contributed by atoms with Crippen LogP contribution in [0.1, 0.15) is 35.7 Å². The first-order chi connectivity index (χ1) is 18.4. The minimum atomic E-state index is -4.54. The first-order valence-corrected chi connectivity index (χ1v) is 13.6. The van der Waals surface area contributed by atoms with E-state index in [-0.39, 0.29) is 41.0 Å². The van der Waals surface area contributed by atoms with Crippen molar-refractivity contribution in [2.24, 2.45) is 7.05 Å². The van der Waals surface area contributed by atoms with Crippen LogP contribution >= 0.6 is 0 Å². The number of hydrogen-bond donors (Lipinski definition) is 0. The average Bonchev–Trinajstić information content (AvgIpc) is 3.66. The van der Waals surface area contributed by atoms with Crippen LogP contribution in [0, 0.1) is 0 Å². The van der Waals surface area contributed by atoms with Crippen molar-refractivity contribution in [3.63, 3.8) is 0 Å². The molecule has 1 fully saturated rings. The number of imidazole rings is 1. The zero-order chi connectivity index (χ0) is 27.9. The molecule has 0 amide bonds. The van der Waals surface area contributed by atoms with Crippen LogP contribution in [0.5, 0.6) is 11.8 Å². The highest BCUT2D eigenvalue weighted by Crippen LogP contribution is 2.45. The number of alkyl halides is 3. The highest BCUT2D eigenvalue weighted by atomic mass is 32.2. The summed E-state index contributed by atoms with van der Waals surface area (Å²) in [6.07, 6.45) is 0.651. The lowest BCUT2D eigenvalue weighted by atomic mass is 10.1. The number of halogens is 3. The molecule has 0 saturated heterocycles. The number of ether oxygens (including phenoxy) is 2. The van der Waals surface area contributed by atoms with E-state index in [1.165, 1.54) is 31.1 Å². The maximum absolute atomic E-state index is 13.0. The van der Waals surface area contributed by atoms with Crippen molar-refractivity contribution in [2.75, 3.05) is 13.4 Å². The standard InChI is InChI=1S/C25H23F3N6O4S/c1-34-11-17(25(26,27)28)31-23(34)16-6-4-14(5-7-16)12-38-18-10-19(39(3,35)36)33-22(32-18)20-21(15-8-9-15)29-13-30-24(20)37-2/h4-7,10-11,13,15H,8-9,12H2,1-3H3. The molecule has 10 nitrogen and oxygen atoms in total. The van der Waals surface area contributed by atoms with Gasteiger partial charge in [-0.2, -0.15) is 18.2 Å². The number of benzene rings is 1. The van der Waals surface area contributed by atoms with Crippen molar-refractivity contribution in [1.29, 1.82) is 0 Å². The third-order valence-electron chi connectivity index (χ3n) is 6.05. The van der Waals surface area contributed by atoms with Gasteiger partial charge in [0.2, 0.25) is 11.8 Å². The zero-order valence-corrected chi connectivity index (χ0v) is 21.9. The van der Waals surface area contributed by atoms with Gasteiger partial charge in [0.05, 0.1) is 12.8 Å². The van der Waals surface area contributed by atoms with Crippen molar-refractivity contribution >= 4 is 9.84 Å². The van der Waals surface area contributed by atoms with E-state index < -0.39 is 21.7 Å². The Labute approximate surface area is 221 Å². The summed E-state index contributed by atoms with van der Waals surface area (Å²) in [6, 6.07) is 7.84. The molecule has 5 rings (SSSR count). The molecule has 3 heterocycles. The molecule has 0 radical (unpaired) electrons. The SMILES string of the molecule is COc1ncnc(C2CC2)c1-c1nc(OCc2ccc(-c3nc(C(F)(F)F)cn3C)cc2)cc(S(C)(=O)=O)n1. The summed E-state index contributed by atoms with van der Waals surface area (Å²) in [5.41, 5.74) is 1.28. The predicted octanol–water partition coefficient (Wildman–Crippen LogP) is 4.22.